The fourth-order valence-electron chi connectivity index (χ4n) is 6.32. The minimum atomic E-state index is -4.73. The van der Waals surface area contributed by atoms with Crippen molar-refractivity contribution in [2.45, 2.75) is 38.9 Å². The second-order valence-corrected chi connectivity index (χ2v) is 13.0. The van der Waals surface area contributed by atoms with E-state index >= 15 is 0 Å². The van der Waals surface area contributed by atoms with Crippen LogP contribution in [0.4, 0.5) is 18.9 Å². The number of ether oxygens (including phenoxy) is 1. The van der Waals surface area contributed by atoms with Crippen molar-refractivity contribution in [3.63, 3.8) is 0 Å². The van der Waals surface area contributed by atoms with E-state index in [4.69, 9.17) is 26.2 Å². The van der Waals surface area contributed by atoms with Crippen molar-refractivity contribution < 1.29 is 42.2 Å². The molecule has 2 aliphatic heterocycles. The number of nitrogens with zero attached hydrogens (tertiary/aromatic N) is 7. The van der Waals surface area contributed by atoms with Gasteiger partial charge in [-0.1, -0.05) is 11.6 Å². The summed E-state index contributed by atoms with van der Waals surface area (Å²) < 4.78 is 49.8. The topological polar surface area (TPSA) is 193 Å². The van der Waals surface area contributed by atoms with E-state index in [-0.39, 0.29) is 58.3 Å². The minimum Gasteiger partial charge on any atom is -0.483 e. The molecule has 2 saturated heterocycles. The molecule has 16 nitrogen and oxygen atoms in total. The predicted molar refractivity (Wildman–Crippen MR) is 189 cm³/mol. The molecule has 4 N–H and O–H groups in total. The van der Waals surface area contributed by atoms with Crippen molar-refractivity contribution in [2.75, 3.05) is 58.3 Å². The Morgan fingerprint density at radius 3 is 2.44 bits per heavy atom. The normalized spacial score (nSPS) is 15.1. The average molecular weight is 777 g/mol. The number of hydrogen-bond acceptors (Lipinski definition) is 9. The quantitative estimate of drug-likeness (QED) is 0.174. The summed E-state index contributed by atoms with van der Waals surface area (Å²) in [6.45, 7) is 5.62. The summed E-state index contributed by atoms with van der Waals surface area (Å²) in [5.41, 5.74) is 0.625. The summed E-state index contributed by atoms with van der Waals surface area (Å²) in [6, 6.07) is 4.48. The van der Waals surface area contributed by atoms with Crippen LogP contribution in [0.25, 0.3) is 5.69 Å². The van der Waals surface area contributed by atoms with E-state index in [9.17, 15) is 27.6 Å². The zero-order valence-electron chi connectivity index (χ0n) is 29.5. The summed E-state index contributed by atoms with van der Waals surface area (Å²) in [7, 11) is 1.54. The highest BCUT2D eigenvalue weighted by molar-refractivity contribution is 6.34. The van der Waals surface area contributed by atoms with E-state index in [0.717, 1.165) is 30.6 Å². The van der Waals surface area contributed by atoms with Crippen LogP contribution in [0.15, 0.2) is 36.8 Å². The zero-order chi connectivity index (χ0) is 39.0. The molecule has 3 aromatic heterocycles. The van der Waals surface area contributed by atoms with Crippen molar-refractivity contribution in [2.24, 2.45) is 5.92 Å². The van der Waals surface area contributed by atoms with Gasteiger partial charge in [0.05, 0.1) is 35.6 Å². The van der Waals surface area contributed by atoms with Gasteiger partial charge in [-0.05, 0) is 51.1 Å². The minimum absolute atomic E-state index is 0.0179. The molecular weight excluding hydrogens is 737 g/mol. The molecule has 0 atom stereocenters. The molecule has 0 unspecified atom stereocenters. The van der Waals surface area contributed by atoms with Gasteiger partial charge in [-0.2, -0.15) is 23.4 Å². The Balaban J connectivity index is 0.00000181. The molecule has 3 amide bonds. The Morgan fingerprint density at radius 1 is 1.11 bits per heavy atom. The van der Waals surface area contributed by atoms with E-state index in [2.05, 4.69) is 30.8 Å². The lowest BCUT2D eigenvalue weighted by Gasteiger charge is -2.37. The van der Waals surface area contributed by atoms with Gasteiger partial charge in [0.1, 0.15) is 5.69 Å². The molecule has 1 aromatic carbocycles. The molecule has 0 spiro atoms. The van der Waals surface area contributed by atoms with Crippen molar-refractivity contribution in [3.8, 4) is 5.69 Å². The number of carbonyl (C=O) groups excluding carboxylic acids is 3. The largest absolute Gasteiger partial charge is 0.483 e. The molecule has 290 valence electrons. The molecule has 0 radical (unpaired) electrons. The number of carbonyl (C=O) groups is 4. The maximum atomic E-state index is 14.0. The molecule has 20 heteroatoms. The van der Waals surface area contributed by atoms with Gasteiger partial charge in [-0.3, -0.25) is 23.9 Å². The molecule has 2 fully saturated rings. The van der Waals surface area contributed by atoms with Gasteiger partial charge >= 0.3 is 6.18 Å². The molecule has 5 heterocycles. The smallest absolute Gasteiger partial charge is 0.435 e. The number of anilines is 1. The standard InChI is InChI=1S/C33H38ClF3N10O4.CH2O2/c1-20-27(18-40-46(20)13-14-51-2)47-19-22(28(43-47)33(35,36)37)15-24-17-39-29(41-24)30(48)42-23-3-4-25(26(34)16-23)32(50)45-11-9-44(10-12-45)31(49)21-5-7-38-8-6-21;2-1-3/h3-4,16-19,21,38H,5-15H2,1-2H3,(H,39,41)(H,42,48);1H,(H,2,3). The Kier molecular flexibility index (Phi) is 13.1. The molecule has 54 heavy (non-hydrogen) atoms. The van der Waals surface area contributed by atoms with Crippen LogP contribution in [-0.4, -0.2) is 122 Å². The van der Waals surface area contributed by atoms with Crippen LogP contribution >= 0.6 is 11.6 Å². The number of aromatic amines is 1. The van der Waals surface area contributed by atoms with E-state index in [1.807, 2.05) is 4.90 Å². The first-order chi connectivity index (χ1) is 25.8. The van der Waals surface area contributed by atoms with Gasteiger partial charge in [-0.15, -0.1) is 0 Å². The van der Waals surface area contributed by atoms with Crippen molar-refractivity contribution >= 4 is 41.5 Å². The number of alkyl halides is 3. The number of amides is 3. The lowest BCUT2D eigenvalue weighted by molar-refractivity contribution is -0.142. The highest BCUT2D eigenvalue weighted by Gasteiger charge is 2.38. The number of piperazine rings is 1. The van der Waals surface area contributed by atoms with E-state index < -0.39 is 17.8 Å². The van der Waals surface area contributed by atoms with Crippen LogP contribution in [0.3, 0.4) is 0 Å². The number of piperidine rings is 1. The molecule has 0 aliphatic carbocycles. The molecule has 4 aromatic rings. The molecule has 6 rings (SSSR count). The van der Waals surface area contributed by atoms with Gasteiger partial charge in [0, 0.05) is 75.0 Å². The van der Waals surface area contributed by atoms with Crippen molar-refractivity contribution in [1.29, 1.82) is 0 Å². The summed E-state index contributed by atoms with van der Waals surface area (Å²) in [5, 5.41) is 21.0. The lowest BCUT2D eigenvalue weighted by Crippen LogP contribution is -2.52. The fourth-order valence-corrected chi connectivity index (χ4v) is 6.58. The SMILES string of the molecule is COCCn1ncc(-n2cc(Cc3cnc(C(=O)Nc4ccc(C(=O)N5CCN(C(=O)C6CCNCC6)CC5)c(Cl)c4)[nH]3)c(C(F)(F)F)n2)c1C.O=CO. The van der Waals surface area contributed by atoms with Crippen LogP contribution < -0.4 is 10.6 Å². The summed E-state index contributed by atoms with van der Waals surface area (Å²) in [6.07, 6.45) is 0.691. The Morgan fingerprint density at radius 2 is 1.80 bits per heavy atom. The third-order valence-electron chi connectivity index (χ3n) is 9.14. The molecule has 0 bridgehead atoms. The summed E-state index contributed by atoms with van der Waals surface area (Å²) >= 11 is 6.48. The average Bonchev–Trinajstić information content (AvgIpc) is 3.90. The van der Waals surface area contributed by atoms with Gasteiger partial charge in [0.25, 0.3) is 18.3 Å². The second-order valence-electron chi connectivity index (χ2n) is 12.6. The number of carboxylic acid groups (broad SMARTS) is 1. The number of rotatable bonds is 10. The summed E-state index contributed by atoms with van der Waals surface area (Å²) in [5.74, 6) is -0.907. The van der Waals surface area contributed by atoms with Crippen LogP contribution in [-0.2, 0) is 33.5 Å². The Bertz CT molecular complexity index is 1950. The number of imidazole rings is 1. The summed E-state index contributed by atoms with van der Waals surface area (Å²) in [4.78, 5) is 57.9. The highest BCUT2D eigenvalue weighted by atomic mass is 35.5. The molecule has 2 aliphatic rings. The molecule has 0 saturated carbocycles. The van der Waals surface area contributed by atoms with Gasteiger partial charge in [-0.25, -0.2) is 9.67 Å². The highest BCUT2D eigenvalue weighted by Crippen LogP contribution is 2.33. The van der Waals surface area contributed by atoms with Crippen molar-refractivity contribution in [3.05, 3.63) is 75.8 Å². The number of aromatic nitrogens is 6. The number of H-pyrrole nitrogens is 1. The zero-order valence-corrected chi connectivity index (χ0v) is 30.3. The van der Waals surface area contributed by atoms with Crippen LogP contribution in [0.1, 0.15) is 56.5 Å². The third-order valence-corrected chi connectivity index (χ3v) is 9.45. The van der Waals surface area contributed by atoms with Crippen molar-refractivity contribution in [1.82, 2.24) is 44.6 Å². The first-order valence-corrected chi connectivity index (χ1v) is 17.4. The van der Waals surface area contributed by atoms with E-state index in [0.29, 0.717) is 56.4 Å². The number of methoxy groups -OCH3 is 1. The number of benzene rings is 1. The van der Waals surface area contributed by atoms with Gasteiger partial charge < -0.3 is 35.3 Å². The third kappa shape index (κ3) is 9.44. The second kappa shape index (κ2) is 17.7. The van der Waals surface area contributed by atoms with E-state index in [1.165, 1.54) is 36.8 Å². The number of nitrogens with one attached hydrogen (secondary N) is 3. The van der Waals surface area contributed by atoms with Crippen LogP contribution in [0.2, 0.25) is 5.02 Å². The number of hydrogen-bond donors (Lipinski definition) is 4. The van der Waals surface area contributed by atoms with Gasteiger partial charge in [0.2, 0.25) is 5.91 Å². The number of halogens is 4. The van der Waals surface area contributed by atoms with E-state index in [1.54, 1.807) is 23.6 Å². The maximum Gasteiger partial charge on any atom is 0.435 e. The Hall–Kier alpha value is -5.27. The van der Waals surface area contributed by atoms with Crippen LogP contribution in [0, 0.1) is 12.8 Å². The maximum absolute atomic E-state index is 14.0. The first kappa shape index (κ1) is 39.9. The first-order valence-electron chi connectivity index (χ1n) is 17.0. The fraction of sp³-hybridized carbons (Fsp3) is 0.441. The van der Waals surface area contributed by atoms with Crippen LogP contribution in [0.5, 0.6) is 0 Å². The molecular formula is C34H40ClF3N10O6. The predicted octanol–water partition coefficient (Wildman–Crippen LogP) is 3.25. The monoisotopic (exact) mass is 776 g/mol. The Labute approximate surface area is 312 Å². The van der Waals surface area contributed by atoms with Gasteiger partial charge in [0.15, 0.2) is 11.5 Å². The lowest BCUT2D eigenvalue weighted by atomic mass is 9.96.